The van der Waals surface area contributed by atoms with Crippen LogP contribution in [-0.2, 0) is 14.4 Å². The van der Waals surface area contributed by atoms with Gasteiger partial charge < -0.3 is 11.1 Å². The summed E-state index contributed by atoms with van der Waals surface area (Å²) in [5.74, 6) is -0.945. The minimum Gasteiger partial charge on any atom is -0.354 e. The number of carbonyl (C=O) groups is 3. The molecule has 0 fully saturated rings. The van der Waals surface area contributed by atoms with Crippen LogP contribution in [0.15, 0.2) is 0 Å². The van der Waals surface area contributed by atoms with Crippen LogP contribution in [0.3, 0.4) is 0 Å². The first-order valence-corrected chi connectivity index (χ1v) is 20.6. The van der Waals surface area contributed by atoms with Crippen LogP contribution in [-0.4, -0.2) is 42.4 Å². The van der Waals surface area contributed by atoms with Gasteiger partial charge in [0.1, 0.15) is 6.54 Å². The molecule has 0 aliphatic rings. The Balaban J connectivity index is 3.71. The number of carbonyl (C=O) groups excluding carboxylic acids is 3. The largest absolute Gasteiger partial charge is 0.354 e. The predicted molar refractivity (Wildman–Crippen MR) is 201 cm³/mol. The Kier molecular flexibility index (Phi) is 35.9. The topological polar surface area (TPSA) is 105 Å². The number of hydrazine groups is 1. The number of nitrogens with one attached hydrogen (secondary N) is 2. The number of unbranched alkanes of at least 4 members (excludes halogenated alkanes) is 29. The van der Waals surface area contributed by atoms with Crippen molar-refractivity contribution in [3.8, 4) is 0 Å². The van der Waals surface area contributed by atoms with Gasteiger partial charge in [-0.25, -0.2) is 5.01 Å². The Morgan fingerprint density at radius 2 is 0.766 bits per heavy atom. The van der Waals surface area contributed by atoms with Crippen LogP contribution in [0.2, 0.25) is 0 Å². The first kappa shape index (κ1) is 45.4. The number of nitrogens with two attached hydrogens (primary N) is 1. The highest BCUT2D eigenvalue weighted by Gasteiger charge is 2.18. The maximum atomic E-state index is 12.4. The van der Waals surface area contributed by atoms with E-state index >= 15 is 0 Å². The minimum atomic E-state index is -0.451. The Morgan fingerprint density at radius 3 is 1.11 bits per heavy atom. The molecule has 0 aromatic rings. The summed E-state index contributed by atoms with van der Waals surface area (Å²) in [6.07, 6.45) is 40.5. The third-order valence-corrected chi connectivity index (χ3v) is 9.40. The summed E-state index contributed by atoms with van der Waals surface area (Å²) < 4.78 is 0. The molecular formula is C40H80N4O3. The lowest BCUT2D eigenvalue weighted by Crippen LogP contribution is -2.52. The molecule has 0 bridgehead atoms. The van der Waals surface area contributed by atoms with E-state index in [1.165, 1.54) is 167 Å². The molecule has 7 heteroatoms. The van der Waals surface area contributed by atoms with Crippen LogP contribution in [0, 0.1) is 0 Å². The molecule has 0 aromatic heterocycles. The summed E-state index contributed by atoms with van der Waals surface area (Å²) in [4.78, 5) is 37.1. The Hall–Kier alpha value is -1.63. The van der Waals surface area contributed by atoms with E-state index in [4.69, 9.17) is 5.73 Å². The second-order valence-corrected chi connectivity index (χ2v) is 14.1. The van der Waals surface area contributed by atoms with Crippen molar-refractivity contribution in [3.63, 3.8) is 0 Å². The van der Waals surface area contributed by atoms with Crippen molar-refractivity contribution in [1.82, 2.24) is 15.8 Å². The highest BCUT2D eigenvalue weighted by molar-refractivity contribution is 5.88. The molecule has 0 aliphatic carbocycles. The SMILES string of the molecule is CCCCCCCCCCCCCCCCCCNC(=O)CN(NC(=O)CCCCCCCCCCCCCCCCC)C(=O)CN. The second-order valence-electron chi connectivity index (χ2n) is 14.1. The van der Waals surface area contributed by atoms with Crippen molar-refractivity contribution < 1.29 is 14.4 Å². The van der Waals surface area contributed by atoms with E-state index in [9.17, 15) is 14.4 Å². The van der Waals surface area contributed by atoms with Gasteiger partial charge in [-0.15, -0.1) is 0 Å². The number of hydrogen-bond acceptors (Lipinski definition) is 4. The fraction of sp³-hybridized carbons (Fsp3) is 0.925. The zero-order valence-corrected chi connectivity index (χ0v) is 31.5. The van der Waals surface area contributed by atoms with Crippen molar-refractivity contribution in [2.45, 2.75) is 219 Å². The summed E-state index contributed by atoms with van der Waals surface area (Å²) in [6, 6.07) is 0. The summed E-state index contributed by atoms with van der Waals surface area (Å²) in [7, 11) is 0. The van der Waals surface area contributed by atoms with E-state index in [-0.39, 0.29) is 24.9 Å². The van der Waals surface area contributed by atoms with Gasteiger partial charge in [-0.2, -0.15) is 0 Å². The maximum Gasteiger partial charge on any atom is 0.255 e. The molecule has 47 heavy (non-hydrogen) atoms. The number of amides is 3. The van der Waals surface area contributed by atoms with Gasteiger partial charge in [-0.1, -0.05) is 200 Å². The van der Waals surface area contributed by atoms with E-state index in [2.05, 4.69) is 24.6 Å². The van der Waals surface area contributed by atoms with Crippen LogP contribution in [0.4, 0.5) is 0 Å². The monoisotopic (exact) mass is 665 g/mol. The molecule has 0 saturated heterocycles. The summed E-state index contributed by atoms with van der Waals surface area (Å²) in [5, 5.41) is 3.97. The molecule has 0 heterocycles. The van der Waals surface area contributed by atoms with E-state index in [0.717, 1.165) is 37.1 Å². The maximum absolute atomic E-state index is 12.4. The van der Waals surface area contributed by atoms with Crippen LogP contribution >= 0.6 is 0 Å². The number of nitrogens with zero attached hydrogens (tertiary/aromatic N) is 1. The molecule has 0 unspecified atom stereocenters. The van der Waals surface area contributed by atoms with Gasteiger partial charge in [0.25, 0.3) is 5.91 Å². The van der Waals surface area contributed by atoms with Crippen LogP contribution in [0.25, 0.3) is 0 Å². The van der Waals surface area contributed by atoms with E-state index in [1.807, 2.05) is 0 Å². The molecule has 0 aliphatic heterocycles. The van der Waals surface area contributed by atoms with Gasteiger partial charge in [-0.05, 0) is 12.8 Å². The zero-order valence-electron chi connectivity index (χ0n) is 31.5. The summed E-state index contributed by atoms with van der Waals surface area (Å²) in [6.45, 7) is 4.69. The quantitative estimate of drug-likeness (QED) is 0.0458. The molecule has 0 rings (SSSR count). The van der Waals surface area contributed by atoms with Crippen molar-refractivity contribution in [3.05, 3.63) is 0 Å². The zero-order chi connectivity index (χ0) is 34.5. The first-order valence-electron chi connectivity index (χ1n) is 20.6. The van der Waals surface area contributed by atoms with Crippen LogP contribution in [0.1, 0.15) is 219 Å². The Labute approximate surface area is 292 Å². The predicted octanol–water partition coefficient (Wildman–Crippen LogP) is 10.4. The lowest BCUT2D eigenvalue weighted by molar-refractivity contribution is -0.143. The molecule has 7 nitrogen and oxygen atoms in total. The van der Waals surface area contributed by atoms with Gasteiger partial charge in [0.05, 0.1) is 6.54 Å². The molecule has 0 saturated carbocycles. The molecule has 0 atom stereocenters. The van der Waals surface area contributed by atoms with Crippen LogP contribution in [0.5, 0.6) is 0 Å². The number of rotatable bonds is 36. The average molecular weight is 665 g/mol. The fourth-order valence-corrected chi connectivity index (χ4v) is 6.26. The van der Waals surface area contributed by atoms with Crippen molar-refractivity contribution in [2.75, 3.05) is 19.6 Å². The van der Waals surface area contributed by atoms with E-state index < -0.39 is 5.91 Å². The van der Waals surface area contributed by atoms with E-state index in [0.29, 0.717) is 13.0 Å². The molecule has 4 N–H and O–H groups in total. The third kappa shape index (κ3) is 34.0. The average Bonchev–Trinajstić information content (AvgIpc) is 3.07. The molecule has 3 amide bonds. The smallest absolute Gasteiger partial charge is 0.255 e. The van der Waals surface area contributed by atoms with Gasteiger partial charge >= 0.3 is 0 Å². The second kappa shape index (κ2) is 37.2. The highest BCUT2D eigenvalue weighted by Crippen LogP contribution is 2.15. The number of hydrogen-bond donors (Lipinski definition) is 3. The first-order chi connectivity index (χ1) is 23.0. The highest BCUT2D eigenvalue weighted by atomic mass is 16.2. The van der Waals surface area contributed by atoms with Crippen molar-refractivity contribution >= 4 is 17.7 Å². The van der Waals surface area contributed by atoms with Crippen molar-refractivity contribution in [1.29, 1.82) is 0 Å². The molecule has 278 valence electrons. The minimum absolute atomic E-state index is 0.195. The summed E-state index contributed by atoms with van der Waals surface area (Å²) in [5.41, 5.74) is 8.14. The standard InChI is InChI=1S/C40H80N4O3/c1-3-5-7-9-11-13-15-17-19-21-23-25-27-29-31-33-35-42-39(46)37-44(40(47)36-41)43-38(45)34-32-30-28-26-24-22-20-18-16-14-12-10-8-6-4-2/h3-37,41H2,1-2H3,(H,42,46)(H,43,45). The molecule has 0 spiro atoms. The fourth-order valence-electron chi connectivity index (χ4n) is 6.26. The lowest BCUT2D eigenvalue weighted by Gasteiger charge is -2.22. The Morgan fingerprint density at radius 1 is 0.447 bits per heavy atom. The summed E-state index contributed by atoms with van der Waals surface area (Å²) >= 11 is 0. The lowest BCUT2D eigenvalue weighted by atomic mass is 10.0. The van der Waals surface area contributed by atoms with Crippen molar-refractivity contribution in [2.24, 2.45) is 5.73 Å². The molecular weight excluding hydrogens is 584 g/mol. The van der Waals surface area contributed by atoms with Gasteiger partial charge in [0, 0.05) is 13.0 Å². The van der Waals surface area contributed by atoms with Crippen LogP contribution < -0.4 is 16.5 Å². The van der Waals surface area contributed by atoms with Gasteiger partial charge in [-0.3, -0.25) is 19.8 Å². The third-order valence-electron chi connectivity index (χ3n) is 9.40. The normalized spacial score (nSPS) is 11.1. The van der Waals surface area contributed by atoms with E-state index in [1.54, 1.807) is 0 Å². The molecule has 0 aromatic carbocycles. The van der Waals surface area contributed by atoms with Gasteiger partial charge in [0.2, 0.25) is 11.8 Å². The Bertz CT molecular complexity index is 703. The molecule has 0 radical (unpaired) electrons. The van der Waals surface area contributed by atoms with Gasteiger partial charge in [0.15, 0.2) is 0 Å².